The van der Waals surface area contributed by atoms with Gasteiger partial charge in [0.2, 0.25) is 5.89 Å². The van der Waals surface area contributed by atoms with Crippen LogP contribution >= 0.6 is 0 Å². The first-order chi connectivity index (χ1) is 10.1. The summed E-state index contributed by atoms with van der Waals surface area (Å²) in [7, 11) is 0. The third-order valence-electron chi connectivity index (χ3n) is 3.49. The van der Waals surface area contributed by atoms with Crippen molar-refractivity contribution in [2.75, 3.05) is 0 Å². The first-order valence-corrected chi connectivity index (χ1v) is 6.73. The van der Waals surface area contributed by atoms with E-state index in [1.807, 2.05) is 50.2 Å². The number of hydrogen-bond acceptors (Lipinski definition) is 4. The number of aryl methyl sites for hydroxylation is 1. The van der Waals surface area contributed by atoms with Crippen LogP contribution in [0, 0.1) is 13.8 Å². The first kappa shape index (κ1) is 13.4. The van der Waals surface area contributed by atoms with E-state index in [9.17, 15) is 4.79 Å². The highest BCUT2D eigenvalue weighted by Gasteiger charge is 2.13. The van der Waals surface area contributed by atoms with Gasteiger partial charge in [-0.25, -0.2) is 9.78 Å². The maximum Gasteiger partial charge on any atom is 0.338 e. The molecule has 1 heterocycles. The highest BCUT2D eigenvalue weighted by molar-refractivity contribution is 5.91. The molecule has 106 valence electrons. The van der Waals surface area contributed by atoms with Gasteiger partial charge in [-0.1, -0.05) is 24.3 Å². The molecule has 0 fully saturated rings. The molecule has 3 aromatic rings. The van der Waals surface area contributed by atoms with Crippen LogP contribution in [-0.4, -0.2) is 11.0 Å². The molecule has 0 saturated carbocycles. The summed E-state index contributed by atoms with van der Waals surface area (Å²) in [4.78, 5) is 16.4. The number of benzene rings is 2. The van der Waals surface area contributed by atoms with Crippen LogP contribution in [0.3, 0.4) is 0 Å². The molecule has 0 unspecified atom stereocenters. The number of fused-ring (bicyclic) bond motifs is 1. The number of hydrogen-bond donors (Lipinski definition) is 0. The van der Waals surface area contributed by atoms with Gasteiger partial charge in [-0.05, 0) is 43.2 Å². The fraction of sp³-hybridized carbons (Fsp3) is 0.176. The number of aromatic nitrogens is 1. The molecule has 0 atom stereocenters. The van der Waals surface area contributed by atoms with Crippen LogP contribution in [0.1, 0.15) is 27.4 Å². The van der Waals surface area contributed by atoms with Crippen LogP contribution < -0.4 is 0 Å². The molecule has 0 saturated heterocycles. The molecule has 0 N–H and O–H groups in total. The average Bonchev–Trinajstić information content (AvgIpc) is 2.90. The standard InChI is InChI=1S/C17H15NO3/c1-11-6-5-7-13(12(11)2)17(19)20-10-16-18-14-8-3-4-9-15(14)21-16/h3-9H,10H2,1-2H3. The number of carbonyl (C=O) groups is 1. The molecule has 1 aromatic heterocycles. The lowest BCUT2D eigenvalue weighted by Crippen LogP contribution is -2.08. The lowest BCUT2D eigenvalue weighted by Gasteiger charge is -2.07. The Morgan fingerprint density at radius 2 is 1.95 bits per heavy atom. The van der Waals surface area contributed by atoms with E-state index >= 15 is 0 Å². The van der Waals surface area contributed by atoms with Crippen LogP contribution in [0.5, 0.6) is 0 Å². The summed E-state index contributed by atoms with van der Waals surface area (Å²) in [6.07, 6.45) is 0. The zero-order chi connectivity index (χ0) is 14.8. The quantitative estimate of drug-likeness (QED) is 0.685. The number of ether oxygens (including phenoxy) is 1. The highest BCUT2D eigenvalue weighted by atomic mass is 16.5. The van der Waals surface area contributed by atoms with Gasteiger partial charge in [-0.3, -0.25) is 0 Å². The molecule has 0 aliphatic heterocycles. The van der Waals surface area contributed by atoms with Gasteiger partial charge in [0.15, 0.2) is 12.2 Å². The third kappa shape index (κ3) is 2.65. The summed E-state index contributed by atoms with van der Waals surface area (Å²) in [5.41, 5.74) is 4.02. The van der Waals surface area contributed by atoms with Gasteiger partial charge in [-0.2, -0.15) is 0 Å². The smallest absolute Gasteiger partial charge is 0.338 e. The van der Waals surface area contributed by atoms with Crippen molar-refractivity contribution in [2.45, 2.75) is 20.5 Å². The van der Waals surface area contributed by atoms with E-state index in [2.05, 4.69) is 4.98 Å². The predicted octanol–water partition coefficient (Wildman–Crippen LogP) is 3.80. The summed E-state index contributed by atoms with van der Waals surface area (Å²) in [5.74, 6) is 0.0355. The molecule has 0 spiro atoms. The van der Waals surface area contributed by atoms with Gasteiger partial charge in [0.25, 0.3) is 0 Å². The van der Waals surface area contributed by atoms with E-state index in [0.717, 1.165) is 16.6 Å². The van der Waals surface area contributed by atoms with E-state index in [1.165, 1.54) is 0 Å². The van der Waals surface area contributed by atoms with Gasteiger partial charge in [0.05, 0.1) is 5.56 Å². The highest BCUT2D eigenvalue weighted by Crippen LogP contribution is 2.17. The lowest BCUT2D eigenvalue weighted by molar-refractivity contribution is 0.0439. The minimum atomic E-state index is -0.363. The molecule has 2 aromatic carbocycles. The fourth-order valence-electron chi connectivity index (χ4n) is 2.16. The van der Waals surface area contributed by atoms with Crippen LogP contribution in [0.25, 0.3) is 11.1 Å². The Kier molecular flexibility index (Phi) is 3.44. The molecule has 0 aliphatic carbocycles. The van der Waals surface area contributed by atoms with Crippen molar-refractivity contribution in [3.8, 4) is 0 Å². The summed E-state index contributed by atoms with van der Waals surface area (Å²) in [5, 5.41) is 0. The van der Waals surface area contributed by atoms with Crippen molar-refractivity contribution < 1.29 is 13.9 Å². The molecule has 3 rings (SSSR count). The Hall–Kier alpha value is -2.62. The van der Waals surface area contributed by atoms with Crippen LogP contribution in [0.15, 0.2) is 46.9 Å². The summed E-state index contributed by atoms with van der Waals surface area (Å²) in [6, 6.07) is 13.0. The SMILES string of the molecule is Cc1cccc(C(=O)OCc2nc3ccccc3o2)c1C. The van der Waals surface area contributed by atoms with E-state index < -0.39 is 0 Å². The Morgan fingerprint density at radius 3 is 2.76 bits per heavy atom. The maximum absolute atomic E-state index is 12.1. The van der Waals surface area contributed by atoms with Crippen molar-refractivity contribution in [1.82, 2.24) is 4.98 Å². The second kappa shape index (κ2) is 5.40. The van der Waals surface area contributed by atoms with Crippen molar-refractivity contribution >= 4 is 17.1 Å². The topological polar surface area (TPSA) is 52.3 Å². The summed E-state index contributed by atoms with van der Waals surface area (Å²) >= 11 is 0. The fourth-order valence-corrected chi connectivity index (χ4v) is 2.16. The number of rotatable bonds is 3. The predicted molar refractivity (Wildman–Crippen MR) is 79.0 cm³/mol. The van der Waals surface area contributed by atoms with Crippen molar-refractivity contribution in [2.24, 2.45) is 0 Å². The molecule has 0 aliphatic rings. The number of carbonyl (C=O) groups excluding carboxylic acids is 1. The maximum atomic E-state index is 12.1. The molecule has 0 bridgehead atoms. The average molecular weight is 281 g/mol. The largest absolute Gasteiger partial charge is 0.452 e. The minimum Gasteiger partial charge on any atom is -0.452 e. The zero-order valence-electron chi connectivity index (χ0n) is 11.9. The van der Waals surface area contributed by atoms with Crippen LogP contribution in [0.4, 0.5) is 0 Å². The Balaban J connectivity index is 1.75. The monoisotopic (exact) mass is 281 g/mol. The van der Waals surface area contributed by atoms with Crippen molar-refractivity contribution in [1.29, 1.82) is 0 Å². The number of para-hydroxylation sites is 2. The summed E-state index contributed by atoms with van der Waals surface area (Å²) < 4.78 is 10.8. The Bertz CT molecular complexity index is 772. The van der Waals surface area contributed by atoms with Gasteiger partial charge < -0.3 is 9.15 Å². The number of nitrogens with zero attached hydrogens (tertiary/aromatic N) is 1. The van der Waals surface area contributed by atoms with Crippen molar-refractivity contribution in [3.63, 3.8) is 0 Å². The first-order valence-electron chi connectivity index (χ1n) is 6.73. The third-order valence-corrected chi connectivity index (χ3v) is 3.49. The van der Waals surface area contributed by atoms with E-state index in [1.54, 1.807) is 6.07 Å². The lowest BCUT2D eigenvalue weighted by atomic mass is 10.0. The van der Waals surface area contributed by atoms with Gasteiger partial charge in [0, 0.05) is 0 Å². The molecule has 0 radical (unpaired) electrons. The number of oxazole rings is 1. The molecule has 4 heteroatoms. The van der Waals surface area contributed by atoms with Crippen LogP contribution in [0.2, 0.25) is 0 Å². The Morgan fingerprint density at radius 1 is 1.14 bits per heavy atom. The molecule has 21 heavy (non-hydrogen) atoms. The van der Waals surface area contributed by atoms with Gasteiger partial charge >= 0.3 is 5.97 Å². The second-order valence-electron chi connectivity index (χ2n) is 4.90. The van der Waals surface area contributed by atoms with Crippen molar-refractivity contribution in [3.05, 3.63) is 65.0 Å². The molecular weight excluding hydrogens is 266 g/mol. The molecule has 0 amide bonds. The van der Waals surface area contributed by atoms with E-state index in [-0.39, 0.29) is 12.6 Å². The zero-order valence-corrected chi connectivity index (χ0v) is 11.9. The van der Waals surface area contributed by atoms with Gasteiger partial charge in [-0.15, -0.1) is 0 Å². The molecule has 4 nitrogen and oxygen atoms in total. The molecular formula is C17H15NO3. The van der Waals surface area contributed by atoms with E-state index in [0.29, 0.717) is 17.0 Å². The Labute approximate surface area is 122 Å². The van der Waals surface area contributed by atoms with Gasteiger partial charge in [0.1, 0.15) is 5.52 Å². The number of esters is 1. The van der Waals surface area contributed by atoms with E-state index in [4.69, 9.17) is 9.15 Å². The normalized spacial score (nSPS) is 10.8. The van der Waals surface area contributed by atoms with Crippen LogP contribution in [-0.2, 0) is 11.3 Å². The summed E-state index contributed by atoms with van der Waals surface area (Å²) in [6.45, 7) is 3.90. The second-order valence-corrected chi connectivity index (χ2v) is 4.90. The minimum absolute atomic E-state index is 0.0287.